The number of nitrogen functional groups attached to an aromatic ring is 1. The van der Waals surface area contributed by atoms with Gasteiger partial charge in [-0.3, -0.25) is 4.79 Å². The van der Waals surface area contributed by atoms with E-state index in [0.29, 0.717) is 23.7 Å². The first-order valence-electron chi connectivity index (χ1n) is 6.13. The molecule has 2 heterocycles. The van der Waals surface area contributed by atoms with Crippen LogP contribution in [0.1, 0.15) is 10.7 Å². The molecule has 2 aromatic rings. The van der Waals surface area contributed by atoms with E-state index >= 15 is 0 Å². The maximum atomic E-state index is 11.3. The first-order valence-corrected chi connectivity index (χ1v) is 7.01. The Bertz CT molecular complexity index is 668. The van der Waals surface area contributed by atoms with Crippen molar-refractivity contribution in [2.24, 2.45) is 0 Å². The molecule has 6 nitrogen and oxygen atoms in total. The SMILES string of the molecule is Cc1nc(CNc2cc3c(cc2N)OCC(=O)N3)cs1. The molecule has 0 saturated carbocycles. The van der Waals surface area contributed by atoms with Crippen LogP contribution in [0.4, 0.5) is 17.1 Å². The maximum Gasteiger partial charge on any atom is 0.262 e. The van der Waals surface area contributed by atoms with Crippen LogP contribution in [0.15, 0.2) is 17.5 Å². The summed E-state index contributed by atoms with van der Waals surface area (Å²) < 4.78 is 5.31. The minimum absolute atomic E-state index is 0.0251. The molecule has 0 fully saturated rings. The number of hydrogen-bond acceptors (Lipinski definition) is 6. The van der Waals surface area contributed by atoms with Gasteiger partial charge in [-0.15, -0.1) is 11.3 Å². The van der Waals surface area contributed by atoms with Crippen LogP contribution in [-0.2, 0) is 11.3 Å². The van der Waals surface area contributed by atoms with Crippen molar-refractivity contribution in [3.63, 3.8) is 0 Å². The number of aryl methyl sites for hydroxylation is 1. The third kappa shape index (κ3) is 2.53. The number of nitrogens with two attached hydrogens (primary N) is 1. The third-order valence-electron chi connectivity index (χ3n) is 2.91. The van der Waals surface area contributed by atoms with Gasteiger partial charge in [-0.05, 0) is 13.0 Å². The highest BCUT2D eigenvalue weighted by atomic mass is 32.1. The molecule has 3 rings (SSSR count). The first kappa shape index (κ1) is 12.7. The fourth-order valence-electron chi connectivity index (χ4n) is 1.97. The quantitative estimate of drug-likeness (QED) is 0.752. The van der Waals surface area contributed by atoms with Gasteiger partial charge in [-0.1, -0.05) is 0 Å². The van der Waals surface area contributed by atoms with Gasteiger partial charge in [0.15, 0.2) is 6.61 Å². The molecule has 7 heteroatoms. The summed E-state index contributed by atoms with van der Waals surface area (Å²) in [5.41, 5.74) is 8.90. The number of ether oxygens (including phenoxy) is 1. The average Bonchev–Trinajstić information content (AvgIpc) is 2.83. The lowest BCUT2D eigenvalue weighted by Gasteiger charge is -2.20. The average molecular weight is 290 g/mol. The molecule has 0 spiro atoms. The number of thiazole rings is 1. The molecule has 1 amide bonds. The monoisotopic (exact) mass is 290 g/mol. The number of nitrogens with one attached hydrogen (secondary N) is 2. The molecular formula is C13H14N4O2S. The maximum absolute atomic E-state index is 11.3. The Labute approximate surface area is 120 Å². The van der Waals surface area contributed by atoms with Crippen molar-refractivity contribution in [1.82, 2.24) is 4.98 Å². The van der Waals surface area contributed by atoms with E-state index in [2.05, 4.69) is 15.6 Å². The molecule has 0 saturated heterocycles. The van der Waals surface area contributed by atoms with Crippen LogP contribution < -0.4 is 21.1 Å². The lowest BCUT2D eigenvalue weighted by atomic mass is 10.2. The van der Waals surface area contributed by atoms with Gasteiger partial charge in [0.2, 0.25) is 0 Å². The van der Waals surface area contributed by atoms with E-state index in [1.54, 1.807) is 23.5 Å². The van der Waals surface area contributed by atoms with Gasteiger partial charge >= 0.3 is 0 Å². The Balaban J connectivity index is 1.79. The summed E-state index contributed by atoms with van der Waals surface area (Å²) in [6.07, 6.45) is 0. The van der Waals surface area contributed by atoms with E-state index in [1.165, 1.54) is 0 Å². The Morgan fingerprint density at radius 2 is 2.40 bits per heavy atom. The second-order valence-electron chi connectivity index (χ2n) is 4.48. The number of nitrogens with zero attached hydrogens (tertiary/aromatic N) is 1. The van der Waals surface area contributed by atoms with Crippen molar-refractivity contribution >= 4 is 34.3 Å². The summed E-state index contributed by atoms with van der Waals surface area (Å²) >= 11 is 1.61. The summed E-state index contributed by atoms with van der Waals surface area (Å²) in [6, 6.07) is 3.49. The normalized spacial score (nSPS) is 13.3. The summed E-state index contributed by atoms with van der Waals surface area (Å²) in [6.45, 7) is 2.58. The first-order chi connectivity index (χ1) is 9.61. The minimum Gasteiger partial charge on any atom is -0.482 e. The summed E-state index contributed by atoms with van der Waals surface area (Å²) in [5, 5.41) is 9.01. The van der Waals surface area contributed by atoms with E-state index in [9.17, 15) is 4.79 Å². The van der Waals surface area contributed by atoms with Crippen molar-refractivity contribution in [3.05, 3.63) is 28.2 Å². The van der Waals surface area contributed by atoms with Crippen LogP contribution in [0, 0.1) is 6.92 Å². The minimum atomic E-state index is -0.164. The van der Waals surface area contributed by atoms with Crippen molar-refractivity contribution in [2.45, 2.75) is 13.5 Å². The van der Waals surface area contributed by atoms with E-state index in [0.717, 1.165) is 16.4 Å². The molecule has 0 radical (unpaired) electrons. The van der Waals surface area contributed by atoms with Gasteiger partial charge < -0.3 is 21.1 Å². The number of benzene rings is 1. The zero-order valence-electron chi connectivity index (χ0n) is 10.9. The van der Waals surface area contributed by atoms with Crippen LogP contribution in [0.2, 0.25) is 0 Å². The standard InChI is InChI=1S/C13H14N4O2S/c1-7-16-8(6-20-7)4-15-10-3-11-12(2-9(10)14)19-5-13(18)17-11/h2-3,6,15H,4-5,14H2,1H3,(H,17,18). The fourth-order valence-corrected chi connectivity index (χ4v) is 2.58. The van der Waals surface area contributed by atoms with Crippen LogP contribution in [-0.4, -0.2) is 17.5 Å². The molecule has 4 N–H and O–H groups in total. The van der Waals surface area contributed by atoms with E-state index in [-0.39, 0.29) is 12.5 Å². The van der Waals surface area contributed by atoms with E-state index < -0.39 is 0 Å². The number of aromatic nitrogens is 1. The smallest absolute Gasteiger partial charge is 0.262 e. The predicted octanol–water partition coefficient (Wildman–Crippen LogP) is 1.98. The fraction of sp³-hybridized carbons (Fsp3) is 0.231. The number of amides is 1. The number of carbonyl (C=O) groups excluding carboxylic acids is 1. The molecule has 20 heavy (non-hydrogen) atoms. The lowest BCUT2D eigenvalue weighted by molar-refractivity contribution is -0.118. The van der Waals surface area contributed by atoms with Gasteiger partial charge in [0, 0.05) is 11.4 Å². The number of rotatable bonds is 3. The van der Waals surface area contributed by atoms with Crippen LogP contribution in [0.25, 0.3) is 0 Å². The molecule has 1 aliphatic heterocycles. The number of hydrogen-bond donors (Lipinski definition) is 3. The van der Waals surface area contributed by atoms with Crippen molar-refractivity contribution in [1.29, 1.82) is 0 Å². The highest BCUT2D eigenvalue weighted by Gasteiger charge is 2.17. The van der Waals surface area contributed by atoms with Crippen molar-refractivity contribution in [2.75, 3.05) is 23.0 Å². The molecule has 0 unspecified atom stereocenters. The molecule has 0 atom stereocenters. The second-order valence-corrected chi connectivity index (χ2v) is 5.55. The third-order valence-corrected chi connectivity index (χ3v) is 3.73. The van der Waals surface area contributed by atoms with E-state index in [1.807, 2.05) is 12.3 Å². The van der Waals surface area contributed by atoms with Crippen molar-refractivity contribution < 1.29 is 9.53 Å². The van der Waals surface area contributed by atoms with Crippen LogP contribution >= 0.6 is 11.3 Å². The molecular weight excluding hydrogens is 276 g/mol. The molecule has 0 bridgehead atoms. The molecule has 1 aliphatic rings. The highest BCUT2D eigenvalue weighted by molar-refractivity contribution is 7.09. The molecule has 1 aromatic carbocycles. The Morgan fingerprint density at radius 3 is 3.15 bits per heavy atom. The zero-order chi connectivity index (χ0) is 14.1. The molecule has 1 aromatic heterocycles. The summed E-state index contributed by atoms with van der Waals surface area (Å²) in [4.78, 5) is 15.7. The highest BCUT2D eigenvalue weighted by Crippen LogP contribution is 2.35. The van der Waals surface area contributed by atoms with Gasteiger partial charge in [0.05, 0.1) is 34.3 Å². The number of fused-ring (bicyclic) bond motifs is 1. The summed E-state index contributed by atoms with van der Waals surface area (Å²) in [5.74, 6) is 0.431. The Kier molecular flexibility index (Phi) is 3.19. The summed E-state index contributed by atoms with van der Waals surface area (Å²) in [7, 11) is 0. The second kappa shape index (κ2) is 5.01. The molecule has 104 valence electrons. The zero-order valence-corrected chi connectivity index (χ0v) is 11.7. The Hall–Kier alpha value is -2.28. The molecule has 0 aliphatic carbocycles. The lowest BCUT2D eigenvalue weighted by Crippen LogP contribution is -2.25. The number of anilines is 3. The number of carbonyl (C=O) groups is 1. The van der Waals surface area contributed by atoms with Crippen LogP contribution in [0.5, 0.6) is 5.75 Å². The topological polar surface area (TPSA) is 89.3 Å². The largest absolute Gasteiger partial charge is 0.482 e. The van der Waals surface area contributed by atoms with Crippen molar-refractivity contribution in [3.8, 4) is 5.75 Å². The van der Waals surface area contributed by atoms with Gasteiger partial charge in [0.25, 0.3) is 5.91 Å². The van der Waals surface area contributed by atoms with Gasteiger partial charge in [-0.2, -0.15) is 0 Å². The van der Waals surface area contributed by atoms with Gasteiger partial charge in [-0.25, -0.2) is 4.98 Å². The predicted molar refractivity (Wildman–Crippen MR) is 79.2 cm³/mol. The van der Waals surface area contributed by atoms with Crippen LogP contribution in [0.3, 0.4) is 0 Å². The van der Waals surface area contributed by atoms with E-state index in [4.69, 9.17) is 10.5 Å². The Morgan fingerprint density at radius 1 is 1.55 bits per heavy atom. The van der Waals surface area contributed by atoms with Gasteiger partial charge in [0.1, 0.15) is 5.75 Å².